The predicted molar refractivity (Wildman–Crippen MR) is 83.9 cm³/mol. The zero-order chi connectivity index (χ0) is 14.2. The van der Waals surface area contributed by atoms with Gasteiger partial charge in [0.1, 0.15) is 0 Å². The van der Waals surface area contributed by atoms with Crippen molar-refractivity contribution < 1.29 is 4.74 Å². The van der Waals surface area contributed by atoms with Crippen LogP contribution in [0.4, 0.5) is 0 Å². The Bertz CT molecular complexity index is 369. The van der Waals surface area contributed by atoms with Crippen molar-refractivity contribution in [3.8, 4) is 0 Å². The molecule has 0 aliphatic carbocycles. The van der Waals surface area contributed by atoms with Crippen molar-refractivity contribution in [1.82, 2.24) is 10.2 Å². The molecular formula is C17H28N2O. The van der Waals surface area contributed by atoms with Crippen molar-refractivity contribution >= 4 is 0 Å². The van der Waals surface area contributed by atoms with Gasteiger partial charge in [-0.3, -0.25) is 0 Å². The minimum absolute atomic E-state index is 0.321. The first-order valence-electron chi connectivity index (χ1n) is 7.88. The summed E-state index contributed by atoms with van der Waals surface area (Å²) < 4.78 is 5.83. The molecule has 1 N–H and O–H groups in total. The van der Waals surface area contributed by atoms with E-state index in [1.807, 2.05) is 0 Å². The first-order valence-corrected chi connectivity index (χ1v) is 7.88. The van der Waals surface area contributed by atoms with Crippen LogP contribution in [0.15, 0.2) is 30.3 Å². The third-order valence-electron chi connectivity index (χ3n) is 3.98. The van der Waals surface area contributed by atoms with Crippen LogP contribution in [-0.2, 0) is 4.74 Å². The second-order valence-electron chi connectivity index (χ2n) is 5.77. The Hall–Kier alpha value is -0.900. The van der Waals surface area contributed by atoms with Crippen molar-refractivity contribution in [3.05, 3.63) is 35.9 Å². The van der Waals surface area contributed by atoms with E-state index >= 15 is 0 Å². The molecule has 2 unspecified atom stereocenters. The van der Waals surface area contributed by atoms with Crippen LogP contribution in [0.3, 0.4) is 0 Å². The first kappa shape index (κ1) is 15.5. The van der Waals surface area contributed by atoms with Crippen LogP contribution in [0.25, 0.3) is 0 Å². The molecule has 20 heavy (non-hydrogen) atoms. The maximum absolute atomic E-state index is 5.83. The van der Waals surface area contributed by atoms with Crippen molar-refractivity contribution in [3.63, 3.8) is 0 Å². The number of nitrogens with zero attached hydrogens (tertiary/aromatic N) is 1. The minimum atomic E-state index is 0.321. The van der Waals surface area contributed by atoms with Crippen molar-refractivity contribution in [2.45, 2.75) is 38.3 Å². The summed E-state index contributed by atoms with van der Waals surface area (Å²) in [6.45, 7) is 6.12. The summed E-state index contributed by atoms with van der Waals surface area (Å²) in [5.74, 6) is 0. The summed E-state index contributed by atoms with van der Waals surface area (Å²) >= 11 is 0. The van der Waals surface area contributed by atoms with E-state index in [1.54, 1.807) is 0 Å². The molecular weight excluding hydrogens is 248 g/mol. The van der Waals surface area contributed by atoms with Gasteiger partial charge in [-0.15, -0.1) is 0 Å². The van der Waals surface area contributed by atoms with Gasteiger partial charge in [0.15, 0.2) is 0 Å². The third-order valence-corrected chi connectivity index (χ3v) is 3.98. The van der Waals surface area contributed by atoms with Gasteiger partial charge in [0, 0.05) is 25.7 Å². The van der Waals surface area contributed by atoms with Gasteiger partial charge < -0.3 is 15.0 Å². The summed E-state index contributed by atoms with van der Waals surface area (Å²) in [7, 11) is 2.17. The van der Waals surface area contributed by atoms with E-state index in [0.29, 0.717) is 12.1 Å². The van der Waals surface area contributed by atoms with E-state index in [0.717, 1.165) is 26.2 Å². The SMILES string of the molecule is CCCCC(NCC1CN(C)CCO1)c1ccccc1. The van der Waals surface area contributed by atoms with Gasteiger partial charge in [-0.2, -0.15) is 0 Å². The molecule has 1 aliphatic heterocycles. The normalized spacial score (nSPS) is 21.8. The Kier molecular flexibility index (Phi) is 6.51. The second-order valence-corrected chi connectivity index (χ2v) is 5.77. The van der Waals surface area contributed by atoms with Gasteiger partial charge in [-0.05, 0) is 19.0 Å². The zero-order valence-electron chi connectivity index (χ0n) is 12.8. The summed E-state index contributed by atoms with van der Waals surface area (Å²) in [5, 5.41) is 3.71. The molecule has 0 amide bonds. The molecule has 0 spiro atoms. The number of likely N-dealkylation sites (N-methyl/N-ethyl adjacent to an activating group) is 1. The van der Waals surface area contributed by atoms with Crippen LogP contribution in [0, 0.1) is 0 Å². The molecule has 0 radical (unpaired) electrons. The highest BCUT2D eigenvalue weighted by Gasteiger charge is 2.19. The molecule has 0 saturated carbocycles. The van der Waals surface area contributed by atoms with Crippen molar-refractivity contribution in [1.29, 1.82) is 0 Å². The Morgan fingerprint density at radius 1 is 1.35 bits per heavy atom. The van der Waals surface area contributed by atoms with Crippen LogP contribution in [0.1, 0.15) is 37.8 Å². The van der Waals surface area contributed by atoms with E-state index in [-0.39, 0.29) is 0 Å². The lowest BCUT2D eigenvalue weighted by Gasteiger charge is -2.31. The molecule has 112 valence electrons. The monoisotopic (exact) mass is 276 g/mol. The minimum Gasteiger partial charge on any atom is -0.374 e. The molecule has 1 aromatic rings. The van der Waals surface area contributed by atoms with Gasteiger partial charge >= 0.3 is 0 Å². The highest BCUT2D eigenvalue weighted by atomic mass is 16.5. The number of unbranched alkanes of at least 4 members (excludes halogenated alkanes) is 1. The van der Waals surface area contributed by atoms with Crippen LogP contribution in [0.5, 0.6) is 0 Å². The molecule has 1 aliphatic rings. The Morgan fingerprint density at radius 3 is 2.85 bits per heavy atom. The molecule has 2 rings (SSSR count). The number of hydrogen-bond donors (Lipinski definition) is 1. The number of nitrogens with one attached hydrogen (secondary N) is 1. The fourth-order valence-corrected chi connectivity index (χ4v) is 2.74. The van der Waals surface area contributed by atoms with Crippen LogP contribution < -0.4 is 5.32 Å². The topological polar surface area (TPSA) is 24.5 Å². The van der Waals surface area contributed by atoms with E-state index in [4.69, 9.17) is 4.74 Å². The molecule has 1 aromatic carbocycles. The molecule has 3 nitrogen and oxygen atoms in total. The quantitative estimate of drug-likeness (QED) is 0.829. The molecule has 3 heteroatoms. The highest BCUT2D eigenvalue weighted by Crippen LogP contribution is 2.19. The van der Waals surface area contributed by atoms with Gasteiger partial charge in [-0.1, -0.05) is 50.1 Å². The van der Waals surface area contributed by atoms with E-state index < -0.39 is 0 Å². The Balaban J connectivity index is 1.87. The number of rotatable bonds is 7. The van der Waals surface area contributed by atoms with E-state index in [1.165, 1.54) is 24.8 Å². The lowest BCUT2D eigenvalue weighted by molar-refractivity contribution is -0.0194. The van der Waals surface area contributed by atoms with Gasteiger partial charge in [0.05, 0.1) is 12.7 Å². The smallest absolute Gasteiger partial charge is 0.0826 e. The third kappa shape index (κ3) is 4.89. The lowest BCUT2D eigenvalue weighted by Crippen LogP contribution is -2.45. The van der Waals surface area contributed by atoms with Gasteiger partial charge in [-0.25, -0.2) is 0 Å². The number of ether oxygens (including phenoxy) is 1. The zero-order valence-corrected chi connectivity index (χ0v) is 12.8. The van der Waals surface area contributed by atoms with E-state index in [2.05, 4.69) is 54.5 Å². The Labute approximate surface area is 123 Å². The number of benzene rings is 1. The highest BCUT2D eigenvalue weighted by molar-refractivity contribution is 5.18. The van der Waals surface area contributed by atoms with Gasteiger partial charge in [0.2, 0.25) is 0 Å². The van der Waals surface area contributed by atoms with Crippen molar-refractivity contribution in [2.75, 3.05) is 33.3 Å². The van der Waals surface area contributed by atoms with Crippen LogP contribution in [0.2, 0.25) is 0 Å². The van der Waals surface area contributed by atoms with Crippen LogP contribution in [-0.4, -0.2) is 44.3 Å². The molecule has 1 fully saturated rings. The summed E-state index contributed by atoms with van der Waals surface area (Å²) in [6, 6.07) is 11.2. The summed E-state index contributed by atoms with van der Waals surface area (Å²) in [5.41, 5.74) is 1.39. The molecule has 0 aromatic heterocycles. The second kappa shape index (κ2) is 8.40. The van der Waals surface area contributed by atoms with Crippen molar-refractivity contribution in [2.24, 2.45) is 0 Å². The largest absolute Gasteiger partial charge is 0.374 e. The number of hydrogen-bond acceptors (Lipinski definition) is 3. The average molecular weight is 276 g/mol. The molecule has 1 heterocycles. The summed E-state index contributed by atoms with van der Waals surface area (Å²) in [6.07, 6.45) is 4.02. The molecule has 0 bridgehead atoms. The predicted octanol–water partition coefficient (Wildman–Crippen LogP) is 2.84. The fourth-order valence-electron chi connectivity index (χ4n) is 2.74. The fraction of sp³-hybridized carbons (Fsp3) is 0.647. The average Bonchev–Trinajstić information content (AvgIpc) is 2.48. The van der Waals surface area contributed by atoms with Crippen LogP contribution >= 0.6 is 0 Å². The first-order chi connectivity index (χ1) is 9.79. The van der Waals surface area contributed by atoms with E-state index in [9.17, 15) is 0 Å². The standard InChI is InChI=1S/C17H28N2O/c1-3-4-10-17(15-8-6-5-7-9-15)18-13-16-14-19(2)11-12-20-16/h5-9,16-18H,3-4,10-14H2,1-2H3. The molecule has 1 saturated heterocycles. The number of morpholine rings is 1. The lowest BCUT2D eigenvalue weighted by atomic mass is 10.0. The maximum Gasteiger partial charge on any atom is 0.0826 e. The molecule has 2 atom stereocenters. The Morgan fingerprint density at radius 2 is 2.15 bits per heavy atom. The maximum atomic E-state index is 5.83. The summed E-state index contributed by atoms with van der Waals surface area (Å²) in [4.78, 5) is 2.35. The van der Waals surface area contributed by atoms with Gasteiger partial charge in [0.25, 0.3) is 0 Å².